The normalized spacial score (nSPS) is 19.0. The Balaban J connectivity index is 1.77. The predicted octanol–water partition coefficient (Wildman–Crippen LogP) is 0.260. The lowest BCUT2D eigenvalue weighted by Crippen LogP contribution is -2.42. The summed E-state index contributed by atoms with van der Waals surface area (Å²) in [7, 11) is 0. The minimum Gasteiger partial charge on any atom is -0.382 e. The van der Waals surface area contributed by atoms with Gasteiger partial charge in [0, 0.05) is 25.0 Å². The predicted molar refractivity (Wildman–Crippen MR) is 67.5 cm³/mol. The first-order chi connectivity index (χ1) is 9.75. The molecule has 1 saturated heterocycles. The van der Waals surface area contributed by atoms with Crippen LogP contribution < -0.4 is 5.73 Å². The van der Waals surface area contributed by atoms with Crippen molar-refractivity contribution < 1.29 is 14.1 Å². The molecule has 104 valence electrons. The zero-order valence-corrected chi connectivity index (χ0v) is 10.6. The molecule has 2 aromatic heterocycles. The summed E-state index contributed by atoms with van der Waals surface area (Å²) in [6, 6.07) is 1.53. The fourth-order valence-electron chi connectivity index (χ4n) is 2.09. The van der Waals surface area contributed by atoms with Crippen molar-refractivity contribution in [2.24, 2.45) is 0 Å². The summed E-state index contributed by atoms with van der Waals surface area (Å²) in [6.07, 6.45) is 4.05. The molecule has 0 bridgehead atoms. The SMILES string of the molecule is Nc1nccnc1[C@H]1CN(C(=O)c2ccon2)CCO1. The van der Waals surface area contributed by atoms with Gasteiger partial charge in [-0.2, -0.15) is 0 Å². The number of hydrogen-bond donors (Lipinski definition) is 1. The van der Waals surface area contributed by atoms with E-state index < -0.39 is 0 Å². The summed E-state index contributed by atoms with van der Waals surface area (Å²) >= 11 is 0. The van der Waals surface area contributed by atoms with E-state index in [0.717, 1.165) is 0 Å². The van der Waals surface area contributed by atoms with Crippen LogP contribution >= 0.6 is 0 Å². The van der Waals surface area contributed by atoms with Gasteiger partial charge in [0.1, 0.15) is 23.9 Å². The molecule has 8 heteroatoms. The maximum atomic E-state index is 12.2. The number of morpholine rings is 1. The molecule has 3 rings (SSSR count). The summed E-state index contributed by atoms with van der Waals surface area (Å²) in [4.78, 5) is 22.0. The van der Waals surface area contributed by atoms with Crippen LogP contribution in [0.2, 0.25) is 0 Å². The van der Waals surface area contributed by atoms with Gasteiger partial charge in [0.25, 0.3) is 5.91 Å². The first-order valence-electron chi connectivity index (χ1n) is 6.13. The van der Waals surface area contributed by atoms with Crippen molar-refractivity contribution in [3.05, 3.63) is 36.1 Å². The lowest BCUT2D eigenvalue weighted by Gasteiger charge is -2.32. The first-order valence-corrected chi connectivity index (χ1v) is 6.13. The number of nitrogen functional groups attached to an aromatic ring is 1. The van der Waals surface area contributed by atoms with E-state index in [1.54, 1.807) is 11.1 Å². The van der Waals surface area contributed by atoms with Crippen LogP contribution in [0.4, 0.5) is 5.82 Å². The third kappa shape index (κ3) is 2.32. The van der Waals surface area contributed by atoms with E-state index in [2.05, 4.69) is 19.6 Å². The molecule has 0 unspecified atom stereocenters. The largest absolute Gasteiger partial charge is 0.382 e. The van der Waals surface area contributed by atoms with E-state index in [4.69, 9.17) is 10.5 Å². The molecule has 1 amide bonds. The van der Waals surface area contributed by atoms with Gasteiger partial charge in [-0.3, -0.25) is 9.78 Å². The first kappa shape index (κ1) is 12.5. The van der Waals surface area contributed by atoms with Crippen LogP contribution in [0.25, 0.3) is 0 Å². The van der Waals surface area contributed by atoms with E-state index >= 15 is 0 Å². The highest BCUT2D eigenvalue weighted by Gasteiger charge is 2.29. The van der Waals surface area contributed by atoms with Crippen LogP contribution in [0, 0.1) is 0 Å². The number of anilines is 1. The highest BCUT2D eigenvalue weighted by Crippen LogP contribution is 2.24. The van der Waals surface area contributed by atoms with Crippen LogP contribution in [-0.2, 0) is 4.74 Å². The Kier molecular flexibility index (Phi) is 3.30. The molecular formula is C12H13N5O3. The topological polar surface area (TPSA) is 107 Å². The molecule has 0 saturated carbocycles. The van der Waals surface area contributed by atoms with Crippen molar-refractivity contribution in [2.45, 2.75) is 6.10 Å². The smallest absolute Gasteiger partial charge is 0.276 e. The summed E-state index contributed by atoms with van der Waals surface area (Å²) in [6.45, 7) is 1.25. The van der Waals surface area contributed by atoms with E-state index in [1.165, 1.54) is 18.5 Å². The van der Waals surface area contributed by atoms with Crippen LogP contribution in [0.15, 0.2) is 29.2 Å². The molecule has 2 aromatic rings. The fourth-order valence-corrected chi connectivity index (χ4v) is 2.09. The molecule has 20 heavy (non-hydrogen) atoms. The highest BCUT2D eigenvalue weighted by atomic mass is 16.5. The van der Waals surface area contributed by atoms with Gasteiger partial charge in [-0.05, 0) is 0 Å². The van der Waals surface area contributed by atoms with Gasteiger partial charge in [0.2, 0.25) is 0 Å². The molecule has 0 aliphatic carbocycles. The molecule has 1 aliphatic rings. The summed E-state index contributed by atoms with van der Waals surface area (Å²) in [5.41, 5.74) is 6.61. The highest BCUT2D eigenvalue weighted by molar-refractivity contribution is 5.92. The van der Waals surface area contributed by atoms with Crippen molar-refractivity contribution in [2.75, 3.05) is 25.4 Å². The van der Waals surface area contributed by atoms with Gasteiger partial charge in [0.05, 0.1) is 13.2 Å². The molecule has 1 atom stereocenters. The minimum absolute atomic E-state index is 0.200. The van der Waals surface area contributed by atoms with Crippen molar-refractivity contribution in [1.29, 1.82) is 0 Å². The van der Waals surface area contributed by atoms with E-state index in [1.807, 2.05) is 0 Å². The maximum Gasteiger partial charge on any atom is 0.276 e. The third-order valence-corrected chi connectivity index (χ3v) is 3.07. The summed E-state index contributed by atoms with van der Waals surface area (Å²) in [5, 5.41) is 3.65. The van der Waals surface area contributed by atoms with Gasteiger partial charge in [-0.1, -0.05) is 5.16 Å². The Hall–Kier alpha value is -2.48. The molecule has 1 aliphatic heterocycles. The number of rotatable bonds is 2. The Morgan fingerprint density at radius 3 is 3.00 bits per heavy atom. The van der Waals surface area contributed by atoms with Gasteiger partial charge in [-0.25, -0.2) is 4.98 Å². The molecule has 0 spiro atoms. The number of hydrogen-bond acceptors (Lipinski definition) is 7. The number of nitrogens with zero attached hydrogens (tertiary/aromatic N) is 4. The van der Waals surface area contributed by atoms with E-state index in [0.29, 0.717) is 31.2 Å². The average molecular weight is 275 g/mol. The molecule has 0 aromatic carbocycles. The lowest BCUT2D eigenvalue weighted by atomic mass is 10.2. The second-order valence-corrected chi connectivity index (χ2v) is 4.32. The van der Waals surface area contributed by atoms with Crippen molar-refractivity contribution in [3.8, 4) is 0 Å². The van der Waals surface area contributed by atoms with Crippen LogP contribution in [0.1, 0.15) is 22.3 Å². The Morgan fingerprint density at radius 2 is 2.25 bits per heavy atom. The van der Waals surface area contributed by atoms with E-state index in [9.17, 15) is 4.79 Å². The minimum atomic E-state index is -0.381. The fraction of sp³-hybridized carbons (Fsp3) is 0.333. The zero-order chi connectivity index (χ0) is 13.9. The third-order valence-electron chi connectivity index (χ3n) is 3.07. The second-order valence-electron chi connectivity index (χ2n) is 4.32. The monoisotopic (exact) mass is 275 g/mol. The average Bonchev–Trinajstić information content (AvgIpc) is 3.01. The number of carbonyl (C=O) groups is 1. The second kappa shape index (κ2) is 5.25. The van der Waals surface area contributed by atoms with Gasteiger partial charge >= 0.3 is 0 Å². The van der Waals surface area contributed by atoms with Gasteiger partial charge < -0.3 is 19.9 Å². The Bertz CT molecular complexity index is 601. The summed E-state index contributed by atoms with van der Waals surface area (Å²) in [5.74, 6) is 0.114. The standard InChI is InChI=1S/C12H13N5O3/c13-11-10(14-2-3-15-11)9-7-17(4-6-19-9)12(18)8-1-5-20-16-8/h1-3,5,9H,4,6-7H2,(H2,13,15)/t9-/m1/s1. The summed E-state index contributed by atoms with van der Waals surface area (Å²) < 4.78 is 10.3. The van der Waals surface area contributed by atoms with Gasteiger partial charge in [0.15, 0.2) is 5.69 Å². The van der Waals surface area contributed by atoms with E-state index in [-0.39, 0.29) is 17.7 Å². The number of ether oxygens (including phenoxy) is 1. The van der Waals surface area contributed by atoms with Gasteiger partial charge in [-0.15, -0.1) is 0 Å². The molecule has 8 nitrogen and oxygen atoms in total. The number of amides is 1. The number of carbonyl (C=O) groups excluding carboxylic acids is 1. The molecular weight excluding hydrogens is 262 g/mol. The van der Waals surface area contributed by atoms with Crippen molar-refractivity contribution >= 4 is 11.7 Å². The van der Waals surface area contributed by atoms with Crippen LogP contribution in [0.5, 0.6) is 0 Å². The maximum absolute atomic E-state index is 12.2. The van der Waals surface area contributed by atoms with Crippen LogP contribution in [0.3, 0.4) is 0 Å². The van der Waals surface area contributed by atoms with Crippen molar-refractivity contribution in [1.82, 2.24) is 20.0 Å². The lowest BCUT2D eigenvalue weighted by molar-refractivity contribution is -0.0248. The van der Waals surface area contributed by atoms with Crippen molar-refractivity contribution in [3.63, 3.8) is 0 Å². The zero-order valence-electron chi connectivity index (χ0n) is 10.6. The Labute approximate surface area is 114 Å². The number of aromatic nitrogens is 3. The molecule has 3 heterocycles. The molecule has 1 fully saturated rings. The quantitative estimate of drug-likeness (QED) is 0.837. The van der Waals surface area contributed by atoms with Crippen LogP contribution in [-0.4, -0.2) is 45.6 Å². The number of nitrogens with two attached hydrogens (primary N) is 1. The Morgan fingerprint density at radius 1 is 1.40 bits per heavy atom. The molecule has 0 radical (unpaired) electrons. The molecule has 2 N–H and O–H groups in total.